The molecule has 2 unspecified atom stereocenters. The molecular weight excluding hydrogens is 255 g/mol. The molecule has 0 bridgehead atoms. The summed E-state index contributed by atoms with van der Waals surface area (Å²) in [6, 6.07) is 9.15. The molecule has 0 amide bonds. The normalized spacial score (nSPS) is 15.5. The highest BCUT2D eigenvalue weighted by Crippen LogP contribution is 2.23. The summed E-state index contributed by atoms with van der Waals surface area (Å²) in [5.41, 5.74) is 0.791. The Labute approximate surface area is 111 Å². The molecule has 19 heavy (non-hydrogen) atoms. The van der Waals surface area contributed by atoms with E-state index in [-0.39, 0.29) is 12.5 Å². The van der Waals surface area contributed by atoms with Gasteiger partial charge in [-0.05, 0) is 18.5 Å². The molecule has 1 aromatic carbocycles. The van der Waals surface area contributed by atoms with Crippen LogP contribution >= 0.6 is 0 Å². The lowest BCUT2D eigenvalue weighted by Crippen LogP contribution is -2.30. The Hall–Kier alpha value is -1.07. The zero-order valence-electron chi connectivity index (χ0n) is 11.2. The van der Waals surface area contributed by atoms with E-state index in [4.69, 9.17) is 0 Å². The van der Waals surface area contributed by atoms with Crippen LogP contribution in [0.2, 0.25) is 0 Å². The first-order chi connectivity index (χ1) is 8.79. The first kappa shape index (κ1) is 16.0. The Kier molecular flexibility index (Phi) is 5.82. The van der Waals surface area contributed by atoms with Crippen LogP contribution < -0.4 is 0 Å². The highest BCUT2D eigenvalue weighted by Gasteiger charge is 2.27. The first-order valence-electron chi connectivity index (χ1n) is 6.28. The van der Waals surface area contributed by atoms with Gasteiger partial charge in [-0.15, -0.1) is 0 Å². The summed E-state index contributed by atoms with van der Waals surface area (Å²) in [4.78, 5) is 1.60. The predicted octanol–water partition coefficient (Wildman–Crippen LogP) is 3.24. The van der Waals surface area contributed by atoms with Crippen molar-refractivity contribution in [2.24, 2.45) is 5.92 Å². The van der Waals surface area contributed by atoms with Gasteiger partial charge >= 0.3 is 6.18 Å². The van der Waals surface area contributed by atoms with Crippen LogP contribution in [0.3, 0.4) is 0 Å². The molecule has 0 aliphatic carbocycles. The maximum atomic E-state index is 12.1. The van der Waals surface area contributed by atoms with E-state index in [1.807, 2.05) is 37.3 Å². The monoisotopic (exact) mass is 275 g/mol. The molecule has 2 nitrogen and oxygen atoms in total. The maximum absolute atomic E-state index is 12.1. The molecule has 0 saturated heterocycles. The van der Waals surface area contributed by atoms with Crippen LogP contribution in [0.5, 0.6) is 0 Å². The maximum Gasteiger partial charge on any atom is 0.390 e. The average molecular weight is 275 g/mol. The topological polar surface area (TPSA) is 23.5 Å². The fourth-order valence-electron chi connectivity index (χ4n) is 1.98. The number of hydrogen-bond donors (Lipinski definition) is 1. The van der Waals surface area contributed by atoms with Crippen molar-refractivity contribution < 1.29 is 18.3 Å². The van der Waals surface area contributed by atoms with Crippen molar-refractivity contribution in [2.75, 3.05) is 20.1 Å². The Morgan fingerprint density at radius 2 is 1.79 bits per heavy atom. The number of hydrogen-bond acceptors (Lipinski definition) is 2. The van der Waals surface area contributed by atoms with Gasteiger partial charge in [0.05, 0.1) is 12.5 Å². The summed E-state index contributed by atoms with van der Waals surface area (Å²) < 4.78 is 36.3. The number of nitrogens with zero attached hydrogens (tertiary/aromatic N) is 1. The van der Waals surface area contributed by atoms with Crippen molar-refractivity contribution in [3.8, 4) is 0 Å². The summed E-state index contributed by atoms with van der Waals surface area (Å²) in [6.45, 7) is 2.21. The van der Waals surface area contributed by atoms with E-state index in [0.29, 0.717) is 6.54 Å². The van der Waals surface area contributed by atoms with Gasteiger partial charge in [-0.3, -0.25) is 0 Å². The zero-order chi connectivity index (χ0) is 14.5. The van der Waals surface area contributed by atoms with Crippen LogP contribution in [0, 0.1) is 5.92 Å². The fourth-order valence-corrected chi connectivity index (χ4v) is 1.98. The molecule has 1 N–H and O–H groups in total. The molecule has 0 fully saturated rings. The highest BCUT2D eigenvalue weighted by molar-refractivity contribution is 5.17. The number of aliphatic hydroxyl groups is 1. The third kappa shape index (κ3) is 6.07. The molecule has 0 radical (unpaired) electrons. The molecule has 108 valence electrons. The Morgan fingerprint density at radius 1 is 1.21 bits per heavy atom. The van der Waals surface area contributed by atoms with Gasteiger partial charge in [0.2, 0.25) is 0 Å². The lowest BCUT2D eigenvalue weighted by atomic mass is 9.97. The molecule has 1 rings (SSSR count). The number of rotatable bonds is 6. The summed E-state index contributed by atoms with van der Waals surface area (Å²) in [7, 11) is 1.64. The minimum absolute atomic E-state index is 0.0463. The first-order valence-corrected chi connectivity index (χ1v) is 6.28. The SMILES string of the molecule is CC(CN(C)CCC(F)(F)F)C(O)c1ccccc1. The van der Waals surface area contributed by atoms with Gasteiger partial charge < -0.3 is 10.0 Å². The van der Waals surface area contributed by atoms with Crippen LogP contribution in [-0.4, -0.2) is 36.3 Å². The van der Waals surface area contributed by atoms with Crippen LogP contribution in [0.4, 0.5) is 13.2 Å². The molecule has 0 aliphatic rings. The standard InChI is InChI=1S/C14H20F3NO/c1-11(10-18(2)9-8-14(15,16)17)13(19)12-6-4-3-5-7-12/h3-7,11,13,19H,8-10H2,1-2H3. The van der Waals surface area contributed by atoms with Crippen LogP contribution in [0.25, 0.3) is 0 Å². The second-order valence-electron chi connectivity index (χ2n) is 4.96. The number of halogens is 3. The minimum atomic E-state index is -4.13. The Bertz CT molecular complexity index is 367. The lowest BCUT2D eigenvalue weighted by Gasteiger charge is -2.25. The molecule has 0 spiro atoms. The van der Waals surface area contributed by atoms with E-state index in [1.54, 1.807) is 11.9 Å². The van der Waals surface area contributed by atoms with Crippen molar-refractivity contribution in [3.05, 3.63) is 35.9 Å². The molecule has 0 aromatic heterocycles. The summed E-state index contributed by atoms with van der Waals surface area (Å²) in [5, 5.41) is 10.1. The summed E-state index contributed by atoms with van der Waals surface area (Å²) in [5.74, 6) is -0.124. The number of benzene rings is 1. The van der Waals surface area contributed by atoms with Crippen molar-refractivity contribution >= 4 is 0 Å². The third-order valence-electron chi connectivity index (χ3n) is 3.06. The predicted molar refractivity (Wildman–Crippen MR) is 68.7 cm³/mol. The van der Waals surface area contributed by atoms with Gasteiger partial charge in [0, 0.05) is 13.1 Å². The fraction of sp³-hybridized carbons (Fsp3) is 0.571. The van der Waals surface area contributed by atoms with E-state index in [0.717, 1.165) is 5.56 Å². The molecule has 1 aromatic rings. The molecular formula is C14H20F3NO. The second-order valence-corrected chi connectivity index (χ2v) is 4.96. The van der Waals surface area contributed by atoms with Crippen LogP contribution in [0.1, 0.15) is 25.0 Å². The Balaban J connectivity index is 2.44. The van der Waals surface area contributed by atoms with Gasteiger partial charge in [-0.1, -0.05) is 37.3 Å². The second kappa shape index (κ2) is 6.91. The molecule has 5 heteroatoms. The number of alkyl halides is 3. The molecule has 0 aliphatic heterocycles. The van der Waals surface area contributed by atoms with Crippen molar-refractivity contribution in [1.29, 1.82) is 0 Å². The van der Waals surface area contributed by atoms with Gasteiger partial charge in [-0.25, -0.2) is 0 Å². The average Bonchev–Trinajstić information content (AvgIpc) is 2.35. The van der Waals surface area contributed by atoms with Crippen molar-refractivity contribution in [1.82, 2.24) is 4.90 Å². The number of aliphatic hydroxyl groups excluding tert-OH is 1. The summed E-state index contributed by atoms with van der Waals surface area (Å²) >= 11 is 0. The minimum Gasteiger partial charge on any atom is -0.388 e. The zero-order valence-corrected chi connectivity index (χ0v) is 11.2. The van der Waals surface area contributed by atoms with Gasteiger partial charge in [-0.2, -0.15) is 13.2 Å². The van der Waals surface area contributed by atoms with Crippen LogP contribution in [-0.2, 0) is 0 Å². The molecule has 0 heterocycles. The van der Waals surface area contributed by atoms with E-state index in [9.17, 15) is 18.3 Å². The Morgan fingerprint density at radius 3 is 2.32 bits per heavy atom. The van der Waals surface area contributed by atoms with E-state index >= 15 is 0 Å². The van der Waals surface area contributed by atoms with E-state index in [1.165, 1.54) is 0 Å². The largest absolute Gasteiger partial charge is 0.390 e. The van der Waals surface area contributed by atoms with Crippen molar-refractivity contribution in [3.63, 3.8) is 0 Å². The third-order valence-corrected chi connectivity index (χ3v) is 3.06. The van der Waals surface area contributed by atoms with Crippen molar-refractivity contribution in [2.45, 2.75) is 25.6 Å². The van der Waals surface area contributed by atoms with Gasteiger partial charge in [0.15, 0.2) is 0 Å². The summed E-state index contributed by atoms with van der Waals surface area (Å²) in [6.07, 6.45) is -5.61. The van der Waals surface area contributed by atoms with E-state index in [2.05, 4.69) is 0 Å². The molecule has 0 saturated carbocycles. The van der Waals surface area contributed by atoms with Crippen LogP contribution in [0.15, 0.2) is 30.3 Å². The van der Waals surface area contributed by atoms with Gasteiger partial charge in [0.1, 0.15) is 0 Å². The highest BCUT2D eigenvalue weighted by atomic mass is 19.4. The van der Waals surface area contributed by atoms with E-state index < -0.39 is 18.7 Å². The quantitative estimate of drug-likeness (QED) is 0.861. The lowest BCUT2D eigenvalue weighted by molar-refractivity contribution is -0.137. The molecule has 2 atom stereocenters. The smallest absolute Gasteiger partial charge is 0.388 e. The van der Waals surface area contributed by atoms with Gasteiger partial charge in [0.25, 0.3) is 0 Å².